The molecule has 0 aliphatic carbocycles. The van der Waals surface area contributed by atoms with Crippen molar-refractivity contribution < 1.29 is 30.5 Å². The number of imidazole rings is 1. The third kappa shape index (κ3) is 9.56. The summed E-state index contributed by atoms with van der Waals surface area (Å²) in [6.07, 6.45) is 7.36. The first-order valence-electron chi connectivity index (χ1n) is 14.4. The van der Waals surface area contributed by atoms with Gasteiger partial charge in [0, 0.05) is 60.9 Å². The second-order valence-electron chi connectivity index (χ2n) is 10.5. The molecule has 0 atom stereocenters. The van der Waals surface area contributed by atoms with E-state index < -0.39 is 20.2 Å². The number of anilines is 2. The number of halogens is 4. The molecule has 4 rings (SSSR count). The minimum absolute atomic E-state index is 0. The van der Waals surface area contributed by atoms with Gasteiger partial charge < -0.3 is 9.80 Å². The molecule has 10 nitrogen and oxygen atoms in total. The quantitative estimate of drug-likeness (QED) is 0.0804. The SMILES string of the molecule is CCN1/C(=C\C=C\c2n(CC)c3cc(Cl)c(Cl)cc3[n+]2CCCCS(=O)(=O)O)N(CCCCS(=O)(=O)O)c2cc(Cl)c(Cl)cc21.[Na]. The fourth-order valence-electron chi connectivity index (χ4n) is 5.53. The number of hydrogen-bond donors (Lipinski definition) is 2. The molecule has 0 saturated heterocycles. The van der Waals surface area contributed by atoms with Gasteiger partial charge in [-0.05, 0) is 57.7 Å². The summed E-state index contributed by atoms with van der Waals surface area (Å²) in [5.74, 6) is 1.01. The first-order valence-corrected chi connectivity index (χ1v) is 19.1. The van der Waals surface area contributed by atoms with Crippen molar-refractivity contribution >= 4 is 125 Å². The Kier molecular flexibility index (Phi) is 14.2. The van der Waals surface area contributed by atoms with Crippen molar-refractivity contribution in [2.75, 3.05) is 34.4 Å². The van der Waals surface area contributed by atoms with Crippen LogP contribution in [0.2, 0.25) is 20.1 Å². The van der Waals surface area contributed by atoms with Gasteiger partial charge in [-0.3, -0.25) is 9.11 Å². The standard InChI is InChI=1S/C29H34Cl4N4O6S2.Na/c1-3-34-24-16-20(30)22(32)18-26(24)36(12-5-7-14-44(38,39)40)28(34)10-9-11-29-35(4-2)25-17-21(31)23(33)19-27(25)37(29)13-6-8-15-45(41,42)43;/h9-11,16-19H,3-8,12-15H2,1-2H3,(H-,38,39,40,41,42,43);/p+1. The van der Waals surface area contributed by atoms with E-state index in [0.717, 1.165) is 34.1 Å². The average Bonchev–Trinajstić information content (AvgIpc) is 3.38. The Morgan fingerprint density at radius 3 is 1.87 bits per heavy atom. The Morgan fingerprint density at radius 2 is 1.30 bits per heavy atom. The van der Waals surface area contributed by atoms with E-state index in [9.17, 15) is 25.9 Å². The Hall–Kier alpha value is -1.03. The Morgan fingerprint density at radius 1 is 0.761 bits per heavy atom. The molecule has 0 spiro atoms. The number of hydrogen-bond acceptors (Lipinski definition) is 6. The molecule has 17 heteroatoms. The summed E-state index contributed by atoms with van der Waals surface area (Å²) in [6, 6.07) is 7.19. The van der Waals surface area contributed by atoms with Crippen LogP contribution in [0.25, 0.3) is 17.1 Å². The topological polar surface area (TPSA) is 124 Å². The number of nitrogens with zero attached hydrogens (tertiary/aromatic N) is 4. The molecule has 1 aliphatic rings. The summed E-state index contributed by atoms with van der Waals surface area (Å²) in [5.41, 5.74) is 3.39. The van der Waals surface area contributed by atoms with E-state index in [1.54, 1.807) is 24.3 Å². The number of benzene rings is 2. The van der Waals surface area contributed by atoms with E-state index in [1.165, 1.54) is 0 Å². The molecule has 1 radical (unpaired) electrons. The maximum Gasteiger partial charge on any atom is 0.282 e. The van der Waals surface area contributed by atoms with Gasteiger partial charge in [0.25, 0.3) is 26.1 Å². The van der Waals surface area contributed by atoms with Crippen LogP contribution in [0.3, 0.4) is 0 Å². The van der Waals surface area contributed by atoms with Crippen LogP contribution in [0.4, 0.5) is 11.4 Å². The molecule has 2 aromatic carbocycles. The third-order valence-electron chi connectivity index (χ3n) is 7.50. The molecule has 247 valence electrons. The molecule has 46 heavy (non-hydrogen) atoms. The predicted octanol–water partition coefficient (Wildman–Crippen LogP) is 6.72. The van der Waals surface area contributed by atoms with E-state index in [2.05, 4.69) is 9.47 Å². The molecular weight excluding hydrogens is 729 g/mol. The first-order chi connectivity index (χ1) is 21.1. The van der Waals surface area contributed by atoms with Crippen molar-refractivity contribution in [3.63, 3.8) is 0 Å². The zero-order valence-electron chi connectivity index (χ0n) is 25.8. The zero-order chi connectivity index (χ0) is 33.1. The number of aromatic nitrogens is 2. The summed E-state index contributed by atoms with van der Waals surface area (Å²) in [6.45, 7) is 6.19. The van der Waals surface area contributed by atoms with Crippen LogP contribution < -0.4 is 14.4 Å². The molecule has 2 N–H and O–H groups in total. The minimum Gasteiger partial charge on any atom is -0.326 e. The molecule has 0 unspecified atom stereocenters. The summed E-state index contributed by atoms with van der Waals surface area (Å²) in [5, 5.41) is 1.62. The summed E-state index contributed by atoms with van der Waals surface area (Å²) >= 11 is 25.6. The van der Waals surface area contributed by atoms with Crippen LogP contribution in [0.1, 0.15) is 45.4 Å². The van der Waals surface area contributed by atoms with Crippen LogP contribution in [0.5, 0.6) is 0 Å². The van der Waals surface area contributed by atoms with Gasteiger partial charge in [-0.2, -0.15) is 16.8 Å². The largest absolute Gasteiger partial charge is 0.326 e. The van der Waals surface area contributed by atoms with Gasteiger partial charge in [0.15, 0.2) is 11.0 Å². The van der Waals surface area contributed by atoms with Crippen molar-refractivity contribution in [2.24, 2.45) is 0 Å². The van der Waals surface area contributed by atoms with E-state index in [4.69, 9.17) is 46.4 Å². The monoisotopic (exact) mass is 762 g/mol. The molecule has 1 aromatic heterocycles. The van der Waals surface area contributed by atoms with Gasteiger partial charge in [0.05, 0.1) is 56.1 Å². The Labute approximate surface area is 312 Å². The second-order valence-corrected chi connectivity index (χ2v) is 15.3. The number of rotatable bonds is 14. The molecule has 3 aromatic rings. The van der Waals surface area contributed by atoms with Crippen LogP contribution in [-0.2, 0) is 33.3 Å². The summed E-state index contributed by atoms with van der Waals surface area (Å²) in [7, 11) is -8.13. The molecule has 0 bridgehead atoms. The second kappa shape index (κ2) is 16.6. The van der Waals surface area contributed by atoms with E-state index in [-0.39, 0.29) is 53.9 Å². The number of aryl methyl sites for hydroxylation is 2. The Bertz CT molecular complexity index is 1870. The van der Waals surface area contributed by atoms with Gasteiger partial charge >= 0.3 is 0 Å². The first kappa shape index (κ1) is 39.4. The fourth-order valence-corrected chi connectivity index (χ4v) is 7.29. The molecule has 0 amide bonds. The fraction of sp³-hybridized carbons (Fsp3) is 0.414. The van der Waals surface area contributed by atoms with Crippen LogP contribution >= 0.6 is 46.4 Å². The van der Waals surface area contributed by atoms with Crippen molar-refractivity contribution in [3.05, 3.63) is 68.2 Å². The van der Waals surface area contributed by atoms with Crippen LogP contribution in [-0.4, -0.2) is 84.7 Å². The normalized spacial score (nSPS) is 14.6. The molecule has 1 aliphatic heterocycles. The molecular formula is C29H35Cl4N4NaO6S2+. The number of unbranched alkanes of at least 4 members (excludes halogenated alkanes) is 2. The zero-order valence-corrected chi connectivity index (χ0v) is 32.4. The van der Waals surface area contributed by atoms with Crippen LogP contribution in [0.15, 0.2) is 42.2 Å². The van der Waals surface area contributed by atoms with E-state index >= 15 is 0 Å². The van der Waals surface area contributed by atoms with Crippen molar-refractivity contribution in [2.45, 2.75) is 52.6 Å². The van der Waals surface area contributed by atoms with Crippen molar-refractivity contribution in [3.8, 4) is 0 Å². The smallest absolute Gasteiger partial charge is 0.282 e. The van der Waals surface area contributed by atoms with Crippen molar-refractivity contribution in [1.82, 2.24) is 4.57 Å². The number of allylic oxidation sites excluding steroid dienone is 2. The van der Waals surface area contributed by atoms with E-state index in [0.29, 0.717) is 59.1 Å². The van der Waals surface area contributed by atoms with Crippen molar-refractivity contribution in [1.29, 1.82) is 0 Å². The number of fused-ring (bicyclic) bond motifs is 2. The van der Waals surface area contributed by atoms with Gasteiger partial charge in [0.2, 0.25) is 0 Å². The molecule has 0 fully saturated rings. The molecule has 2 heterocycles. The van der Waals surface area contributed by atoms with E-state index in [1.807, 2.05) is 41.5 Å². The summed E-state index contributed by atoms with van der Waals surface area (Å²) in [4.78, 5) is 4.14. The predicted molar refractivity (Wildman–Crippen MR) is 189 cm³/mol. The van der Waals surface area contributed by atoms with Gasteiger partial charge in [0.1, 0.15) is 5.82 Å². The average molecular weight is 765 g/mol. The maximum absolute atomic E-state index is 11.3. The van der Waals surface area contributed by atoms with Gasteiger partial charge in [-0.1, -0.05) is 52.5 Å². The maximum atomic E-state index is 11.3. The van der Waals surface area contributed by atoms with Gasteiger partial charge in [-0.25, -0.2) is 9.13 Å². The van der Waals surface area contributed by atoms with Gasteiger partial charge in [-0.15, -0.1) is 0 Å². The van der Waals surface area contributed by atoms with Crippen LogP contribution in [0, 0.1) is 0 Å². The minimum atomic E-state index is -4.07. The summed E-state index contributed by atoms with van der Waals surface area (Å²) < 4.78 is 67.6. The Balaban J connectivity index is 0.00000576. The molecule has 0 saturated carbocycles. The third-order valence-corrected chi connectivity index (χ3v) is 10.5.